The van der Waals surface area contributed by atoms with Gasteiger partial charge in [-0.1, -0.05) is 41.9 Å². The van der Waals surface area contributed by atoms with Crippen molar-refractivity contribution in [1.29, 1.82) is 0 Å². The van der Waals surface area contributed by atoms with Crippen molar-refractivity contribution in [2.75, 3.05) is 11.9 Å². The molecule has 0 fully saturated rings. The molecule has 0 radical (unpaired) electrons. The normalized spacial score (nSPS) is 10.2. The molecule has 0 spiro atoms. The Morgan fingerprint density at radius 1 is 1.24 bits per heavy atom. The molecule has 0 heterocycles. The lowest BCUT2D eigenvalue weighted by molar-refractivity contribution is -0.118. The molecule has 2 aromatic carbocycles. The number of nitrogens with one attached hydrogen (secondary N) is 1. The van der Waals surface area contributed by atoms with Gasteiger partial charge in [-0.3, -0.25) is 4.79 Å². The maximum atomic E-state index is 11.9. The van der Waals surface area contributed by atoms with Gasteiger partial charge in [0.2, 0.25) is 0 Å². The van der Waals surface area contributed by atoms with Gasteiger partial charge in [-0.25, -0.2) is 0 Å². The lowest BCUT2D eigenvalue weighted by Gasteiger charge is -2.13. The smallest absolute Gasteiger partial charge is 0.262 e. The molecular formula is C16H16ClNO3. The number of hydrogen-bond donors (Lipinski definition) is 2. The molecule has 0 saturated heterocycles. The fraction of sp³-hybridized carbons (Fsp3) is 0.188. The van der Waals surface area contributed by atoms with Crippen LogP contribution in [-0.2, 0) is 11.4 Å². The van der Waals surface area contributed by atoms with E-state index in [2.05, 4.69) is 5.32 Å². The zero-order valence-corrected chi connectivity index (χ0v) is 12.4. The Morgan fingerprint density at radius 2 is 2.00 bits per heavy atom. The molecule has 0 unspecified atom stereocenters. The average molecular weight is 306 g/mol. The Balaban J connectivity index is 2.01. The van der Waals surface area contributed by atoms with E-state index in [4.69, 9.17) is 16.3 Å². The zero-order chi connectivity index (χ0) is 15.2. The number of aliphatic hydroxyl groups excluding tert-OH is 1. The number of rotatable bonds is 5. The monoisotopic (exact) mass is 305 g/mol. The summed E-state index contributed by atoms with van der Waals surface area (Å²) in [7, 11) is 0. The highest BCUT2D eigenvalue weighted by molar-refractivity contribution is 6.33. The van der Waals surface area contributed by atoms with Crippen molar-refractivity contribution >= 4 is 23.2 Å². The zero-order valence-electron chi connectivity index (χ0n) is 11.6. The van der Waals surface area contributed by atoms with Crippen LogP contribution in [0.2, 0.25) is 5.02 Å². The Labute approximate surface area is 128 Å². The third-order valence-electron chi connectivity index (χ3n) is 2.96. The largest absolute Gasteiger partial charge is 0.483 e. The molecule has 5 heteroatoms. The number of ether oxygens (including phenoxy) is 1. The van der Waals surface area contributed by atoms with Crippen molar-refractivity contribution in [3.63, 3.8) is 0 Å². The summed E-state index contributed by atoms with van der Waals surface area (Å²) in [6.07, 6.45) is 0. The Hall–Kier alpha value is -2.04. The molecule has 2 N–H and O–H groups in total. The van der Waals surface area contributed by atoms with Crippen LogP contribution in [0.3, 0.4) is 0 Å². The second-order valence-electron chi connectivity index (χ2n) is 4.54. The van der Waals surface area contributed by atoms with Crippen LogP contribution in [-0.4, -0.2) is 17.6 Å². The standard InChI is InChI=1S/C16H16ClNO3/c1-11-5-4-6-12(9-19)16(11)21-10-15(20)18-14-8-3-2-7-13(14)17/h2-8,19H,9-10H2,1H3,(H,18,20). The van der Waals surface area contributed by atoms with E-state index in [1.165, 1.54) is 0 Å². The fourth-order valence-electron chi connectivity index (χ4n) is 1.93. The predicted molar refractivity (Wildman–Crippen MR) is 82.7 cm³/mol. The molecule has 0 aromatic heterocycles. The van der Waals surface area contributed by atoms with Gasteiger partial charge in [0.25, 0.3) is 5.91 Å². The van der Waals surface area contributed by atoms with Gasteiger partial charge in [0, 0.05) is 5.56 Å². The Morgan fingerprint density at radius 3 is 2.71 bits per heavy atom. The summed E-state index contributed by atoms with van der Waals surface area (Å²) >= 11 is 5.97. The first-order valence-corrected chi connectivity index (χ1v) is 6.86. The van der Waals surface area contributed by atoms with Gasteiger partial charge in [0.1, 0.15) is 5.75 Å². The van der Waals surface area contributed by atoms with Crippen molar-refractivity contribution in [1.82, 2.24) is 0 Å². The number of carbonyl (C=O) groups is 1. The fourth-order valence-corrected chi connectivity index (χ4v) is 2.11. The predicted octanol–water partition coefficient (Wildman–Crippen LogP) is 3.16. The molecule has 0 atom stereocenters. The van der Waals surface area contributed by atoms with E-state index >= 15 is 0 Å². The molecule has 1 amide bonds. The molecule has 21 heavy (non-hydrogen) atoms. The van der Waals surface area contributed by atoms with Crippen LogP contribution >= 0.6 is 11.6 Å². The first kappa shape index (κ1) is 15.4. The van der Waals surface area contributed by atoms with E-state index in [0.717, 1.165) is 5.56 Å². The van der Waals surface area contributed by atoms with Crippen LogP contribution in [0.15, 0.2) is 42.5 Å². The summed E-state index contributed by atoms with van der Waals surface area (Å²) in [6.45, 7) is 1.58. The van der Waals surface area contributed by atoms with E-state index in [9.17, 15) is 9.90 Å². The number of benzene rings is 2. The van der Waals surface area contributed by atoms with Crippen molar-refractivity contribution < 1.29 is 14.6 Å². The lowest BCUT2D eigenvalue weighted by atomic mass is 10.1. The highest BCUT2D eigenvalue weighted by atomic mass is 35.5. The first-order chi connectivity index (χ1) is 10.1. The minimum absolute atomic E-state index is 0.136. The van der Waals surface area contributed by atoms with Crippen LogP contribution in [0.4, 0.5) is 5.69 Å². The summed E-state index contributed by atoms with van der Waals surface area (Å²) in [4.78, 5) is 11.9. The maximum absolute atomic E-state index is 11.9. The SMILES string of the molecule is Cc1cccc(CO)c1OCC(=O)Nc1ccccc1Cl. The van der Waals surface area contributed by atoms with Gasteiger partial charge in [0.05, 0.1) is 17.3 Å². The second kappa shape index (κ2) is 7.11. The van der Waals surface area contributed by atoms with Crippen LogP contribution in [0, 0.1) is 6.92 Å². The van der Waals surface area contributed by atoms with Crippen molar-refractivity contribution in [2.24, 2.45) is 0 Å². The topological polar surface area (TPSA) is 58.6 Å². The molecule has 0 aliphatic carbocycles. The van der Waals surface area contributed by atoms with Crippen molar-refractivity contribution in [2.45, 2.75) is 13.5 Å². The van der Waals surface area contributed by atoms with Gasteiger partial charge in [-0.05, 0) is 24.6 Å². The summed E-state index contributed by atoms with van der Waals surface area (Å²) in [6, 6.07) is 12.4. The Kier molecular flexibility index (Phi) is 5.20. The lowest BCUT2D eigenvalue weighted by Crippen LogP contribution is -2.21. The number of para-hydroxylation sites is 2. The van der Waals surface area contributed by atoms with E-state index < -0.39 is 0 Å². The molecule has 2 rings (SSSR count). The minimum Gasteiger partial charge on any atom is -0.483 e. The number of amides is 1. The molecule has 0 bridgehead atoms. The maximum Gasteiger partial charge on any atom is 0.262 e. The van der Waals surface area contributed by atoms with Crippen LogP contribution in [0.5, 0.6) is 5.75 Å². The summed E-state index contributed by atoms with van der Waals surface area (Å²) in [5.74, 6) is 0.226. The van der Waals surface area contributed by atoms with E-state index in [-0.39, 0.29) is 19.1 Å². The average Bonchev–Trinajstić information content (AvgIpc) is 2.48. The number of aliphatic hydroxyl groups is 1. The molecule has 0 aliphatic heterocycles. The molecule has 2 aromatic rings. The van der Waals surface area contributed by atoms with Crippen molar-refractivity contribution in [3.8, 4) is 5.75 Å². The summed E-state index contributed by atoms with van der Waals surface area (Å²) in [5, 5.41) is 12.4. The van der Waals surface area contributed by atoms with E-state index in [0.29, 0.717) is 22.0 Å². The van der Waals surface area contributed by atoms with E-state index in [1.807, 2.05) is 19.1 Å². The third-order valence-corrected chi connectivity index (χ3v) is 3.29. The van der Waals surface area contributed by atoms with Crippen LogP contribution in [0.25, 0.3) is 0 Å². The number of carbonyl (C=O) groups excluding carboxylic acids is 1. The number of halogens is 1. The second-order valence-corrected chi connectivity index (χ2v) is 4.95. The highest BCUT2D eigenvalue weighted by Crippen LogP contribution is 2.24. The molecule has 0 saturated carbocycles. The van der Waals surface area contributed by atoms with Crippen LogP contribution < -0.4 is 10.1 Å². The Bertz CT molecular complexity index is 643. The van der Waals surface area contributed by atoms with Crippen LogP contribution in [0.1, 0.15) is 11.1 Å². The van der Waals surface area contributed by atoms with Gasteiger partial charge >= 0.3 is 0 Å². The van der Waals surface area contributed by atoms with Crippen molar-refractivity contribution in [3.05, 3.63) is 58.6 Å². The number of hydrogen-bond acceptors (Lipinski definition) is 3. The number of aryl methyl sites for hydroxylation is 1. The molecule has 110 valence electrons. The summed E-state index contributed by atoms with van der Waals surface area (Å²) in [5.41, 5.74) is 2.06. The van der Waals surface area contributed by atoms with Gasteiger partial charge in [-0.2, -0.15) is 0 Å². The third kappa shape index (κ3) is 3.97. The molecule has 4 nitrogen and oxygen atoms in total. The molecular weight excluding hydrogens is 290 g/mol. The van der Waals surface area contributed by atoms with E-state index in [1.54, 1.807) is 30.3 Å². The van der Waals surface area contributed by atoms with Gasteiger partial charge < -0.3 is 15.2 Å². The summed E-state index contributed by atoms with van der Waals surface area (Å²) < 4.78 is 5.52. The quantitative estimate of drug-likeness (QED) is 0.892. The number of anilines is 1. The van der Waals surface area contributed by atoms with Gasteiger partial charge in [0.15, 0.2) is 6.61 Å². The molecule has 0 aliphatic rings. The highest BCUT2D eigenvalue weighted by Gasteiger charge is 2.10. The minimum atomic E-state index is -0.310. The van der Waals surface area contributed by atoms with Gasteiger partial charge in [-0.15, -0.1) is 0 Å². The first-order valence-electron chi connectivity index (χ1n) is 6.48.